The highest BCUT2D eigenvalue weighted by Crippen LogP contribution is 2.30. The van der Waals surface area contributed by atoms with Crippen LogP contribution in [-0.4, -0.2) is 26.6 Å². The number of fused-ring (bicyclic) bond motifs is 1. The van der Waals surface area contributed by atoms with Gasteiger partial charge in [0.2, 0.25) is 15.9 Å². The van der Waals surface area contributed by atoms with E-state index in [4.69, 9.17) is 0 Å². The van der Waals surface area contributed by atoms with Crippen molar-refractivity contribution in [1.82, 2.24) is 5.32 Å². The zero-order valence-electron chi connectivity index (χ0n) is 15.4. The Morgan fingerprint density at radius 3 is 2.67 bits per heavy atom. The van der Waals surface area contributed by atoms with E-state index in [0.717, 1.165) is 41.5 Å². The van der Waals surface area contributed by atoms with Crippen LogP contribution in [0.4, 0.5) is 10.1 Å². The molecule has 0 aliphatic heterocycles. The number of carbonyl (C=O) groups is 1. The van der Waals surface area contributed by atoms with Crippen molar-refractivity contribution in [3.8, 4) is 0 Å². The number of amides is 1. The Hall–Kier alpha value is -2.41. The van der Waals surface area contributed by atoms with E-state index >= 15 is 0 Å². The first-order valence-electron chi connectivity index (χ1n) is 8.90. The predicted octanol–water partition coefficient (Wildman–Crippen LogP) is 3.17. The molecular weight excluding hydrogens is 367 g/mol. The Labute approximate surface area is 159 Å². The lowest BCUT2D eigenvalue weighted by molar-refractivity contribution is -0.122. The van der Waals surface area contributed by atoms with E-state index < -0.39 is 27.8 Å². The van der Waals surface area contributed by atoms with Crippen LogP contribution in [0.25, 0.3) is 0 Å². The van der Waals surface area contributed by atoms with E-state index in [-0.39, 0.29) is 11.7 Å². The fraction of sp³-hybridized carbons (Fsp3) is 0.350. The number of nitrogens with one attached hydrogen (secondary N) is 1. The Kier molecular flexibility index (Phi) is 5.51. The summed E-state index contributed by atoms with van der Waals surface area (Å²) in [6, 6.07) is 12.0. The summed E-state index contributed by atoms with van der Waals surface area (Å²) in [6.07, 6.45) is 3.73. The molecule has 0 saturated heterocycles. The van der Waals surface area contributed by atoms with Gasteiger partial charge in [0.25, 0.3) is 0 Å². The monoisotopic (exact) mass is 390 g/mol. The number of nitrogens with zero attached hydrogens (tertiary/aromatic N) is 1. The van der Waals surface area contributed by atoms with Gasteiger partial charge in [0, 0.05) is 0 Å². The van der Waals surface area contributed by atoms with Gasteiger partial charge >= 0.3 is 0 Å². The van der Waals surface area contributed by atoms with Gasteiger partial charge in [-0.05, 0) is 55.5 Å². The van der Waals surface area contributed by atoms with E-state index in [1.807, 2.05) is 24.3 Å². The molecule has 2 unspecified atom stereocenters. The van der Waals surface area contributed by atoms with Gasteiger partial charge in [0.05, 0.1) is 18.0 Å². The first-order valence-corrected chi connectivity index (χ1v) is 10.8. The maximum atomic E-state index is 13.6. The molecule has 144 valence electrons. The first-order chi connectivity index (χ1) is 12.8. The van der Waals surface area contributed by atoms with E-state index in [1.165, 1.54) is 30.7 Å². The fourth-order valence-electron chi connectivity index (χ4n) is 3.62. The number of benzene rings is 2. The minimum Gasteiger partial charge on any atom is -0.347 e. The van der Waals surface area contributed by atoms with Crippen molar-refractivity contribution < 1.29 is 17.6 Å². The lowest BCUT2D eigenvalue weighted by Gasteiger charge is -2.31. The molecule has 0 bridgehead atoms. The average Bonchev–Trinajstić information content (AvgIpc) is 2.61. The number of halogens is 1. The average molecular weight is 390 g/mol. The Bertz CT molecular complexity index is 946. The highest BCUT2D eigenvalue weighted by Gasteiger charge is 2.31. The second kappa shape index (κ2) is 7.68. The van der Waals surface area contributed by atoms with Crippen LogP contribution in [0.15, 0.2) is 48.5 Å². The Balaban J connectivity index is 1.85. The molecule has 27 heavy (non-hydrogen) atoms. The van der Waals surface area contributed by atoms with Gasteiger partial charge in [-0.15, -0.1) is 0 Å². The second-order valence-electron chi connectivity index (χ2n) is 6.87. The minimum atomic E-state index is -3.77. The van der Waals surface area contributed by atoms with Gasteiger partial charge in [-0.2, -0.15) is 0 Å². The van der Waals surface area contributed by atoms with Crippen LogP contribution in [-0.2, 0) is 21.2 Å². The molecule has 2 atom stereocenters. The highest BCUT2D eigenvalue weighted by atomic mass is 32.2. The Morgan fingerprint density at radius 1 is 1.22 bits per heavy atom. The topological polar surface area (TPSA) is 66.5 Å². The van der Waals surface area contributed by atoms with Crippen LogP contribution >= 0.6 is 0 Å². The SMILES string of the molecule is CC(C(=O)NC1CCCc2ccccc21)N(c1cccc(F)c1)S(C)(=O)=O. The van der Waals surface area contributed by atoms with E-state index in [2.05, 4.69) is 5.32 Å². The molecule has 1 amide bonds. The molecular formula is C20H23FN2O3S. The molecule has 0 spiro atoms. The van der Waals surface area contributed by atoms with Crippen LogP contribution in [0.5, 0.6) is 0 Å². The molecule has 1 aliphatic rings. The van der Waals surface area contributed by atoms with Gasteiger partial charge in [-0.25, -0.2) is 12.8 Å². The number of hydrogen-bond acceptors (Lipinski definition) is 3. The van der Waals surface area contributed by atoms with Crippen LogP contribution < -0.4 is 9.62 Å². The van der Waals surface area contributed by atoms with Gasteiger partial charge < -0.3 is 5.32 Å². The lowest BCUT2D eigenvalue weighted by atomic mass is 9.87. The van der Waals surface area contributed by atoms with E-state index in [1.54, 1.807) is 0 Å². The number of hydrogen-bond donors (Lipinski definition) is 1. The molecule has 0 aromatic heterocycles. The summed E-state index contributed by atoms with van der Waals surface area (Å²) in [7, 11) is -3.77. The summed E-state index contributed by atoms with van der Waals surface area (Å²) in [4.78, 5) is 12.9. The molecule has 0 radical (unpaired) electrons. The van der Waals surface area contributed by atoms with Crippen molar-refractivity contribution in [3.05, 3.63) is 65.5 Å². The second-order valence-corrected chi connectivity index (χ2v) is 8.73. The molecule has 3 rings (SSSR count). The van der Waals surface area contributed by atoms with Crippen molar-refractivity contribution in [2.75, 3.05) is 10.6 Å². The smallest absolute Gasteiger partial charge is 0.244 e. The van der Waals surface area contributed by atoms with Crippen LogP contribution in [0.3, 0.4) is 0 Å². The lowest BCUT2D eigenvalue weighted by Crippen LogP contribution is -2.49. The highest BCUT2D eigenvalue weighted by molar-refractivity contribution is 7.92. The normalized spacial score (nSPS) is 17.7. The van der Waals surface area contributed by atoms with Gasteiger partial charge in [0.1, 0.15) is 11.9 Å². The standard InChI is InChI=1S/C20H23FN2O3S/c1-14(23(27(2,25)26)17-10-6-9-16(21)13-17)20(24)22-19-12-5-8-15-7-3-4-11-18(15)19/h3-4,6-7,9-11,13-14,19H,5,8,12H2,1-2H3,(H,22,24). The third-order valence-electron chi connectivity index (χ3n) is 4.84. The largest absolute Gasteiger partial charge is 0.347 e. The van der Waals surface area contributed by atoms with Gasteiger partial charge in [-0.3, -0.25) is 9.10 Å². The van der Waals surface area contributed by atoms with Crippen molar-refractivity contribution in [2.24, 2.45) is 0 Å². The van der Waals surface area contributed by atoms with Crippen LogP contribution in [0, 0.1) is 5.82 Å². The number of carbonyl (C=O) groups excluding carboxylic acids is 1. The third kappa shape index (κ3) is 4.30. The number of anilines is 1. The van der Waals surface area contributed by atoms with Gasteiger partial charge in [-0.1, -0.05) is 30.3 Å². The third-order valence-corrected chi connectivity index (χ3v) is 6.08. The van der Waals surface area contributed by atoms with Crippen LogP contribution in [0.2, 0.25) is 0 Å². The zero-order chi connectivity index (χ0) is 19.6. The summed E-state index contributed by atoms with van der Waals surface area (Å²) >= 11 is 0. The van der Waals surface area contributed by atoms with Crippen molar-refractivity contribution in [3.63, 3.8) is 0 Å². The summed E-state index contributed by atoms with van der Waals surface area (Å²) in [5.74, 6) is -0.971. The maximum absolute atomic E-state index is 13.6. The molecule has 5 nitrogen and oxygen atoms in total. The van der Waals surface area contributed by atoms with E-state index in [9.17, 15) is 17.6 Å². The zero-order valence-corrected chi connectivity index (χ0v) is 16.2. The number of rotatable bonds is 5. The summed E-state index contributed by atoms with van der Waals surface area (Å²) in [5, 5.41) is 2.97. The molecule has 1 N–H and O–H groups in total. The first kappa shape index (κ1) is 19.4. The van der Waals surface area contributed by atoms with Gasteiger partial charge in [0.15, 0.2) is 0 Å². The predicted molar refractivity (Wildman–Crippen MR) is 103 cm³/mol. The molecule has 2 aromatic rings. The molecule has 0 fully saturated rings. The fourth-order valence-corrected chi connectivity index (χ4v) is 4.78. The molecule has 1 aliphatic carbocycles. The molecule has 0 heterocycles. The number of aryl methyl sites for hydroxylation is 1. The summed E-state index contributed by atoms with van der Waals surface area (Å²) in [5.41, 5.74) is 2.40. The minimum absolute atomic E-state index is 0.129. The quantitative estimate of drug-likeness (QED) is 0.853. The molecule has 2 aromatic carbocycles. The maximum Gasteiger partial charge on any atom is 0.244 e. The van der Waals surface area contributed by atoms with Crippen molar-refractivity contribution in [1.29, 1.82) is 0 Å². The Morgan fingerprint density at radius 2 is 1.96 bits per heavy atom. The number of sulfonamides is 1. The molecule has 0 saturated carbocycles. The van der Waals surface area contributed by atoms with Crippen molar-refractivity contribution in [2.45, 2.75) is 38.3 Å². The summed E-state index contributed by atoms with van der Waals surface area (Å²) < 4.78 is 39.2. The summed E-state index contributed by atoms with van der Waals surface area (Å²) in [6.45, 7) is 1.51. The van der Waals surface area contributed by atoms with Crippen LogP contribution in [0.1, 0.15) is 36.9 Å². The van der Waals surface area contributed by atoms with Crippen molar-refractivity contribution >= 4 is 21.6 Å². The van der Waals surface area contributed by atoms with E-state index in [0.29, 0.717) is 0 Å². The molecule has 7 heteroatoms.